The van der Waals surface area contributed by atoms with E-state index in [0.717, 1.165) is 28.0 Å². The van der Waals surface area contributed by atoms with Crippen molar-refractivity contribution in [2.24, 2.45) is 0 Å². The van der Waals surface area contributed by atoms with E-state index in [1.54, 1.807) is 12.3 Å². The van der Waals surface area contributed by atoms with Gasteiger partial charge in [-0.05, 0) is 61.0 Å². The Morgan fingerprint density at radius 1 is 1.12 bits per heavy atom. The number of amides is 1. The fourth-order valence-corrected chi connectivity index (χ4v) is 3.28. The van der Waals surface area contributed by atoms with E-state index >= 15 is 0 Å². The normalized spacial score (nSPS) is 12.2. The van der Waals surface area contributed by atoms with E-state index in [9.17, 15) is 9.90 Å². The highest BCUT2D eigenvalue weighted by Gasteiger charge is 2.13. The Morgan fingerprint density at radius 3 is 2.78 bits per heavy atom. The van der Waals surface area contributed by atoms with Crippen molar-refractivity contribution >= 4 is 40.3 Å². The second-order valence-electron chi connectivity index (χ2n) is 7.40. The molecule has 162 valence electrons. The molecule has 4 rings (SSSR count). The Kier molecular flexibility index (Phi) is 6.57. The molecule has 7 nitrogen and oxygen atoms in total. The van der Waals surface area contributed by atoms with E-state index < -0.39 is 6.10 Å². The maximum atomic E-state index is 12.6. The van der Waals surface area contributed by atoms with Gasteiger partial charge in [0.25, 0.3) is 5.91 Å². The van der Waals surface area contributed by atoms with Gasteiger partial charge in [-0.3, -0.25) is 14.9 Å². The third-order valence-electron chi connectivity index (χ3n) is 5.11. The molecule has 1 atom stereocenters. The summed E-state index contributed by atoms with van der Waals surface area (Å²) < 4.78 is 0. The highest BCUT2D eigenvalue weighted by molar-refractivity contribution is 6.00. The number of nitrogens with one attached hydrogen (secondary N) is 3. The van der Waals surface area contributed by atoms with Gasteiger partial charge in [-0.2, -0.15) is 5.10 Å². The van der Waals surface area contributed by atoms with Crippen LogP contribution in [0.2, 0.25) is 0 Å². The van der Waals surface area contributed by atoms with Gasteiger partial charge in [0, 0.05) is 23.8 Å². The van der Waals surface area contributed by atoms with Crippen LogP contribution in [-0.4, -0.2) is 38.8 Å². The number of para-hydroxylation sites is 1. The summed E-state index contributed by atoms with van der Waals surface area (Å²) in [5.74, 6) is -0.231. The molecule has 0 saturated carbocycles. The zero-order chi connectivity index (χ0) is 22.3. The summed E-state index contributed by atoms with van der Waals surface area (Å²) in [7, 11) is 0. The second-order valence-corrected chi connectivity index (χ2v) is 7.40. The summed E-state index contributed by atoms with van der Waals surface area (Å²) in [6, 6.07) is 18.9. The zero-order valence-corrected chi connectivity index (χ0v) is 17.7. The van der Waals surface area contributed by atoms with Gasteiger partial charge >= 0.3 is 0 Å². The highest BCUT2D eigenvalue weighted by Crippen LogP contribution is 2.26. The zero-order valence-electron chi connectivity index (χ0n) is 17.7. The van der Waals surface area contributed by atoms with Crippen LogP contribution in [0.5, 0.6) is 0 Å². The van der Waals surface area contributed by atoms with Crippen LogP contribution in [0.1, 0.15) is 35.1 Å². The molecule has 0 spiro atoms. The van der Waals surface area contributed by atoms with Crippen molar-refractivity contribution in [1.29, 1.82) is 0 Å². The van der Waals surface area contributed by atoms with Gasteiger partial charge in [0.15, 0.2) is 0 Å². The Bertz CT molecular complexity index is 1230. The SMILES string of the molecule is CCC(O)CNC(=O)c1ccccc1Nc1ccc2c(/C=C/c3ccccn3)n[nH]c2c1. The summed E-state index contributed by atoms with van der Waals surface area (Å²) in [5.41, 5.74) is 4.60. The number of benzene rings is 2. The number of fused-ring (bicyclic) bond motifs is 1. The van der Waals surface area contributed by atoms with Crippen molar-refractivity contribution in [3.8, 4) is 0 Å². The van der Waals surface area contributed by atoms with E-state index in [1.165, 1.54) is 0 Å². The molecule has 0 saturated heterocycles. The first-order valence-electron chi connectivity index (χ1n) is 10.5. The molecule has 2 heterocycles. The predicted octanol–water partition coefficient (Wildman–Crippen LogP) is 4.37. The van der Waals surface area contributed by atoms with Crippen LogP contribution in [-0.2, 0) is 0 Å². The molecule has 0 aliphatic heterocycles. The van der Waals surface area contributed by atoms with Gasteiger partial charge in [0.1, 0.15) is 0 Å². The molecular formula is C25H25N5O2. The van der Waals surface area contributed by atoms with E-state index in [-0.39, 0.29) is 12.5 Å². The molecular weight excluding hydrogens is 402 g/mol. The van der Waals surface area contributed by atoms with Crippen LogP contribution in [0.15, 0.2) is 66.9 Å². The second kappa shape index (κ2) is 9.89. The fourth-order valence-electron chi connectivity index (χ4n) is 3.28. The van der Waals surface area contributed by atoms with Gasteiger partial charge in [-0.1, -0.05) is 25.1 Å². The van der Waals surface area contributed by atoms with Crippen LogP contribution in [0.3, 0.4) is 0 Å². The number of pyridine rings is 1. The first-order valence-corrected chi connectivity index (χ1v) is 10.5. The number of carbonyl (C=O) groups excluding carboxylic acids is 1. The molecule has 0 radical (unpaired) electrons. The molecule has 1 unspecified atom stereocenters. The molecule has 0 aliphatic carbocycles. The monoisotopic (exact) mass is 427 g/mol. The molecule has 0 fully saturated rings. The smallest absolute Gasteiger partial charge is 0.253 e. The minimum Gasteiger partial charge on any atom is -0.391 e. The molecule has 7 heteroatoms. The third-order valence-corrected chi connectivity index (χ3v) is 5.11. The number of hydrogen-bond acceptors (Lipinski definition) is 5. The van der Waals surface area contributed by atoms with Crippen LogP contribution in [0, 0.1) is 0 Å². The molecule has 0 aliphatic rings. The van der Waals surface area contributed by atoms with Crippen molar-refractivity contribution in [2.75, 3.05) is 11.9 Å². The third kappa shape index (κ3) is 5.01. The average molecular weight is 428 g/mol. The number of aliphatic hydroxyl groups is 1. The van der Waals surface area contributed by atoms with Gasteiger partial charge < -0.3 is 15.7 Å². The Balaban J connectivity index is 1.52. The van der Waals surface area contributed by atoms with Crippen molar-refractivity contribution in [2.45, 2.75) is 19.4 Å². The molecule has 1 amide bonds. The Morgan fingerprint density at radius 2 is 1.97 bits per heavy atom. The van der Waals surface area contributed by atoms with Gasteiger partial charge in [0.2, 0.25) is 0 Å². The molecule has 2 aromatic heterocycles. The summed E-state index contributed by atoms with van der Waals surface area (Å²) in [6.45, 7) is 2.09. The van der Waals surface area contributed by atoms with Crippen molar-refractivity contribution in [3.05, 3.63) is 83.8 Å². The van der Waals surface area contributed by atoms with Gasteiger partial charge in [-0.25, -0.2) is 0 Å². The summed E-state index contributed by atoms with van der Waals surface area (Å²) in [6.07, 6.45) is 5.64. The lowest BCUT2D eigenvalue weighted by atomic mass is 10.1. The molecule has 0 bridgehead atoms. The molecule has 4 aromatic rings. The van der Waals surface area contributed by atoms with Crippen molar-refractivity contribution < 1.29 is 9.90 Å². The molecule has 2 aromatic carbocycles. The lowest BCUT2D eigenvalue weighted by Crippen LogP contribution is -2.32. The number of hydrogen-bond donors (Lipinski definition) is 4. The number of carbonyl (C=O) groups is 1. The standard InChI is InChI=1S/C25H25N5O2/c1-2-19(31)16-27-25(32)21-8-3-4-9-22(21)28-18-10-12-20-23(29-30-24(20)15-18)13-11-17-7-5-6-14-26-17/h3-15,19,28,31H,2,16H2,1H3,(H,27,32)(H,29,30)/b13-11+. The van der Waals surface area contributed by atoms with Gasteiger partial charge in [0.05, 0.1) is 34.3 Å². The van der Waals surface area contributed by atoms with Gasteiger partial charge in [-0.15, -0.1) is 0 Å². The van der Waals surface area contributed by atoms with E-state index in [4.69, 9.17) is 0 Å². The first-order chi connectivity index (χ1) is 15.6. The summed E-state index contributed by atoms with van der Waals surface area (Å²) in [4.78, 5) is 16.9. The van der Waals surface area contributed by atoms with E-state index in [0.29, 0.717) is 17.7 Å². The number of rotatable bonds is 8. The lowest BCUT2D eigenvalue weighted by Gasteiger charge is -2.14. The minimum atomic E-state index is -0.553. The van der Waals surface area contributed by atoms with Crippen molar-refractivity contribution in [3.63, 3.8) is 0 Å². The highest BCUT2D eigenvalue weighted by atomic mass is 16.3. The quantitative estimate of drug-likeness (QED) is 0.334. The maximum Gasteiger partial charge on any atom is 0.253 e. The van der Waals surface area contributed by atoms with E-state index in [2.05, 4.69) is 25.8 Å². The first kappa shape index (κ1) is 21.3. The number of aromatic amines is 1. The maximum absolute atomic E-state index is 12.6. The largest absolute Gasteiger partial charge is 0.391 e. The average Bonchev–Trinajstić information content (AvgIpc) is 3.24. The number of aromatic nitrogens is 3. The van der Waals surface area contributed by atoms with Crippen LogP contribution < -0.4 is 10.6 Å². The topological polar surface area (TPSA) is 103 Å². The number of H-pyrrole nitrogens is 1. The van der Waals surface area contributed by atoms with Crippen LogP contribution in [0.25, 0.3) is 23.1 Å². The van der Waals surface area contributed by atoms with Crippen LogP contribution in [0.4, 0.5) is 11.4 Å². The Hall–Kier alpha value is -3.97. The minimum absolute atomic E-state index is 0.221. The summed E-state index contributed by atoms with van der Waals surface area (Å²) in [5, 5.41) is 24.3. The number of aliphatic hydroxyl groups excluding tert-OH is 1. The molecule has 4 N–H and O–H groups in total. The number of nitrogens with zero attached hydrogens (tertiary/aromatic N) is 2. The molecule has 32 heavy (non-hydrogen) atoms. The van der Waals surface area contributed by atoms with E-state index in [1.807, 2.05) is 73.7 Å². The Labute approximate surface area is 186 Å². The predicted molar refractivity (Wildman–Crippen MR) is 128 cm³/mol. The van der Waals surface area contributed by atoms with Crippen LogP contribution >= 0.6 is 0 Å². The number of anilines is 2. The lowest BCUT2D eigenvalue weighted by molar-refractivity contribution is 0.0914. The summed E-state index contributed by atoms with van der Waals surface area (Å²) >= 11 is 0. The van der Waals surface area contributed by atoms with Crippen molar-refractivity contribution in [1.82, 2.24) is 20.5 Å². The fraction of sp³-hybridized carbons (Fsp3) is 0.160.